The molecule has 0 aliphatic heterocycles. The van der Waals surface area contributed by atoms with Crippen LogP contribution in [0.3, 0.4) is 0 Å². The molecule has 2 aromatic carbocycles. The van der Waals surface area contributed by atoms with E-state index in [9.17, 15) is 9.59 Å². The highest BCUT2D eigenvalue weighted by molar-refractivity contribution is 5.99. The normalized spacial score (nSPS) is 11.9. The SMILES string of the molecule is CC(c1ccccc1)N(C)C(=O)c1cc(-c2ccccc2)nc2c(C(N)=O)ncn12. The van der Waals surface area contributed by atoms with Crippen LogP contribution in [0.25, 0.3) is 16.9 Å². The number of imidazole rings is 1. The van der Waals surface area contributed by atoms with E-state index in [0.29, 0.717) is 11.4 Å². The number of hydrogen-bond acceptors (Lipinski definition) is 4. The first-order chi connectivity index (χ1) is 14.5. The Hall–Kier alpha value is -4.00. The molecule has 0 bridgehead atoms. The van der Waals surface area contributed by atoms with E-state index in [2.05, 4.69) is 9.97 Å². The zero-order valence-electron chi connectivity index (χ0n) is 16.7. The van der Waals surface area contributed by atoms with Gasteiger partial charge >= 0.3 is 0 Å². The maximum atomic E-state index is 13.5. The van der Waals surface area contributed by atoms with Crippen LogP contribution in [0.2, 0.25) is 0 Å². The highest BCUT2D eigenvalue weighted by Crippen LogP contribution is 2.25. The van der Waals surface area contributed by atoms with Crippen LogP contribution >= 0.6 is 0 Å². The molecule has 2 aromatic heterocycles. The van der Waals surface area contributed by atoms with Crippen molar-refractivity contribution in [1.82, 2.24) is 19.3 Å². The van der Waals surface area contributed by atoms with Crippen LogP contribution in [-0.4, -0.2) is 38.1 Å². The van der Waals surface area contributed by atoms with Crippen LogP contribution in [0.15, 0.2) is 73.1 Å². The maximum Gasteiger partial charge on any atom is 0.271 e. The third-order valence-corrected chi connectivity index (χ3v) is 5.21. The Balaban J connectivity index is 1.84. The molecule has 7 nitrogen and oxygen atoms in total. The number of hydrogen-bond donors (Lipinski definition) is 1. The molecule has 2 N–H and O–H groups in total. The molecule has 2 amide bonds. The summed E-state index contributed by atoms with van der Waals surface area (Å²) < 4.78 is 1.52. The molecule has 150 valence electrons. The van der Waals surface area contributed by atoms with Gasteiger partial charge in [-0.1, -0.05) is 60.7 Å². The summed E-state index contributed by atoms with van der Waals surface area (Å²) in [5.74, 6) is -0.913. The van der Waals surface area contributed by atoms with Crippen LogP contribution in [0.1, 0.15) is 39.5 Å². The number of benzene rings is 2. The van der Waals surface area contributed by atoms with Gasteiger partial charge in [0.2, 0.25) is 0 Å². The molecule has 30 heavy (non-hydrogen) atoms. The topological polar surface area (TPSA) is 93.6 Å². The van der Waals surface area contributed by atoms with Crippen molar-refractivity contribution in [3.8, 4) is 11.3 Å². The lowest BCUT2D eigenvalue weighted by molar-refractivity contribution is 0.0734. The van der Waals surface area contributed by atoms with Gasteiger partial charge in [0.15, 0.2) is 11.3 Å². The van der Waals surface area contributed by atoms with Gasteiger partial charge in [-0.05, 0) is 18.6 Å². The van der Waals surface area contributed by atoms with E-state index in [0.717, 1.165) is 11.1 Å². The number of primary amides is 1. The number of carbonyl (C=O) groups excluding carboxylic acids is 2. The second-order valence-electron chi connectivity index (χ2n) is 7.05. The number of amides is 2. The quantitative estimate of drug-likeness (QED) is 0.557. The Morgan fingerprint density at radius 1 is 1.03 bits per heavy atom. The largest absolute Gasteiger partial charge is 0.364 e. The molecule has 0 aliphatic rings. The summed E-state index contributed by atoms with van der Waals surface area (Å²) in [5.41, 5.74) is 8.52. The first-order valence-electron chi connectivity index (χ1n) is 9.53. The summed E-state index contributed by atoms with van der Waals surface area (Å²) in [5, 5.41) is 0. The molecule has 4 rings (SSSR count). The molecule has 0 saturated heterocycles. The monoisotopic (exact) mass is 399 g/mol. The molecule has 7 heteroatoms. The second kappa shape index (κ2) is 7.79. The summed E-state index contributed by atoms with van der Waals surface area (Å²) in [7, 11) is 1.75. The van der Waals surface area contributed by atoms with Crippen molar-refractivity contribution in [2.24, 2.45) is 5.73 Å². The van der Waals surface area contributed by atoms with Crippen molar-refractivity contribution < 1.29 is 9.59 Å². The molecular weight excluding hydrogens is 378 g/mol. The van der Waals surface area contributed by atoms with Gasteiger partial charge in [0.25, 0.3) is 11.8 Å². The molecular formula is C23H21N5O2. The lowest BCUT2D eigenvalue weighted by Gasteiger charge is -2.26. The minimum Gasteiger partial charge on any atom is -0.364 e. The van der Waals surface area contributed by atoms with E-state index in [-0.39, 0.29) is 23.3 Å². The predicted octanol–water partition coefficient (Wildman–Crippen LogP) is 3.33. The zero-order valence-corrected chi connectivity index (χ0v) is 16.7. The Bertz CT molecular complexity index is 1220. The van der Waals surface area contributed by atoms with E-state index in [1.807, 2.05) is 67.6 Å². The highest BCUT2D eigenvalue weighted by Gasteiger charge is 2.24. The summed E-state index contributed by atoms with van der Waals surface area (Å²) in [6.45, 7) is 1.96. The van der Waals surface area contributed by atoms with Crippen LogP contribution in [0.4, 0.5) is 0 Å². The van der Waals surface area contributed by atoms with Gasteiger partial charge in [0, 0.05) is 12.6 Å². The molecule has 0 aliphatic carbocycles. The summed E-state index contributed by atoms with van der Waals surface area (Å²) in [4.78, 5) is 35.6. The fourth-order valence-electron chi connectivity index (χ4n) is 3.38. The number of fused-ring (bicyclic) bond motifs is 1. The molecule has 4 aromatic rings. The molecule has 0 spiro atoms. The smallest absolute Gasteiger partial charge is 0.271 e. The lowest BCUT2D eigenvalue weighted by atomic mass is 10.1. The highest BCUT2D eigenvalue weighted by atomic mass is 16.2. The van der Waals surface area contributed by atoms with Crippen LogP contribution in [0, 0.1) is 0 Å². The number of aromatic nitrogens is 3. The fraction of sp³-hybridized carbons (Fsp3) is 0.130. The molecule has 0 saturated carbocycles. The van der Waals surface area contributed by atoms with Crippen LogP contribution in [0.5, 0.6) is 0 Å². The lowest BCUT2D eigenvalue weighted by Crippen LogP contribution is -2.31. The molecule has 1 unspecified atom stereocenters. The Morgan fingerprint density at radius 3 is 2.30 bits per heavy atom. The van der Waals surface area contributed by atoms with Crippen molar-refractivity contribution in [2.75, 3.05) is 7.05 Å². The molecule has 2 heterocycles. The number of nitrogens with two attached hydrogens (primary N) is 1. The Morgan fingerprint density at radius 2 is 1.67 bits per heavy atom. The van der Waals surface area contributed by atoms with Gasteiger partial charge in [0.1, 0.15) is 12.0 Å². The molecule has 1 atom stereocenters. The van der Waals surface area contributed by atoms with Crippen molar-refractivity contribution >= 4 is 17.5 Å². The van der Waals surface area contributed by atoms with E-state index in [4.69, 9.17) is 5.73 Å². The summed E-state index contributed by atoms with van der Waals surface area (Å²) in [6, 6.07) is 20.8. The van der Waals surface area contributed by atoms with Gasteiger partial charge in [-0.15, -0.1) is 0 Å². The van der Waals surface area contributed by atoms with Gasteiger partial charge < -0.3 is 10.6 Å². The van der Waals surface area contributed by atoms with Crippen LogP contribution in [-0.2, 0) is 0 Å². The molecule has 0 radical (unpaired) electrons. The van der Waals surface area contributed by atoms with Gasteiger partial charge in [-0.25, -0.2) is 9.97 Å². The number of nitrogens with zero attached hydrogens (tertiary/aromatic N) is 4. The first kappa shape index (κ1) is 19.3. The van der Waals surface area contributed by atoms with Crippen molar-refractivity contribution in [3.05, 3.63) is 90.0 Å². The predicted molar refractivity (Wildman–Crippen MR) is 114 cm³/mol. The standard InChI is InChI=1S/C23H21N5O2/c1-15(16-9-5-3-6-10-16)27(2)23(30)19-13-18(17-11-7-4-8-12-17)26-22-20(21(24)29)25-14-28(19)22/h3-15H,1-2H3,(H2,24,29). The Labute approximate surface area is 173 Å². The minimum absolute atomic E-state index is 0.0283. The number of carbonyl (C=O) groups is 2. The van der Waals surface area contributed by atoms with Crippen molar-refractivity contribution in [3.63, 3.8) is 0 Å². The maximum absolute atomic E-state index is 13.5. The van der Waals surface area contributed by atoms with E-state index >= 15 is 0 Å². The third kappa shape index (κ3) is 3.41. The van der Waals surface area contributed by atoms with Crippen LogP contribution < -0.4 is 5.73 Å². The minimum atomic E-state index is -0.695. The number of rotatable bonds is 5. The van der Waals surface area contributed by atoms with Gasteiger partial charge in [0.05, 0.1) is 11.7 Å². The third-order valence-electron chi connectivity index (χ3n) is 5.21. The fourth-order valence-corrected chi connectivity index (χ4v) is 3.38. The van der Waals surface area contributed by atoms with E-state index in [1.165, 1.54) is 10.7 Å². The van der Waals surface area contributed by atoms with Gasteiger partial charge in [-0.3, -0.25) is 14.0 Å². The Kier molecular flexibility index (Phi) is 5.02. The second-order valence-corrected chi connectivity index (χ2v) is 7.05. The van der Waals surface area contributed by atoms with E-state index < -0.39 is 5.91 Å². The van der Waals surface area contributed by atoms with E-state index in [1.54, 1.807) is 18.0 Å². The van der Waals surface area contributed by atoms with Gasteiger partial charge in [-0.2, -0.15) is 0 Å². The average molecular weight is 399 g/mol. The average Bonchev–Trinajstić information content (AvgIpc) is 3.22. The zero-order chi connectivity index (χ0) is 21.3. The molecule has 0 fully saturated rings. The summed E-state index contributed by atoms with van der Waals surface area (Å²) >= 11 is 0. The first-order valence-corrected chi connectivity index (χ1v) is 9.53. The van der Waals surface area contributed by atoms with Crippen molar-refractivity contribution in [1.29, 1.82) is 0 Å². The van der Waals surface area contributed by atoms with Crippen molar-refractivity contribution in [2.45, 2.75) is 13.0 Å². The summed E-state index contributed by atoms with van der Waals surface area (Å²) in [6.07, 6.45) is 1.41.